The van der Waals surface area contributed by atoms with Crippen LogP contribution in [0, 0.1) is 9.49 Å². The standard InChI is InChI=1S/C12H15ClINO2/c1-7(2)11(6-16)15-12(17)8-3-4-10(14)9(13)5-8/h3-5,7,11,16H,6H2,1-2H3,(H,15,17)/t11-/m1/s1. The Bertz CT molecular complexity index is 409. The number of halogens is 2. The first kappa shape index (κ1) is 14.7. The number of aliphatic hydroxyl groups is 1. The van der Waals surface area contributed by atoms with Gasteiger partial charge in [0.05, 0.1) is 17.7 Å². The number of amides is 1. The number of aliphatic hydroxyl groups excluding tert-OH is 1. The van der Waals surface area contributed by atoms with Gasteiger partial charge in [0.15, 0.2) is 0 Å². The summed E-state index contributed by atoms with van der Waals surface area (Å²) in [5, 5.41) is 12.5. The van der Waals surface area contributed by atoms with Gasteiger partial charge in [-0.3, -0.25) is 4.79 Å². The van der Waals surface area contributed by atoms with Crippen molar-refractivity contribution < 1.29 is 9.90 Å². The average Bonchev–Trinajstić information content (AvgIpc) is 2.28. The summed E-state index contributed by atoms with van der Waals surface area (Å²) in [7, 11) is 0. The van der Waals surface area contributed by atoms with E-state index in [1.807, 2.05) is 13.8 Å². The SMILES string of the molecule is CC(C)[C@@H](CO)NC(=O)c1ccc(I)c(Cl)c1. The summed E-state index contributed by atoms with van der Waals surface area (Å²) in [6.07, 6.45) is 0. The van der Waals surface area contributed by atoms with Gasteiger partial charge in [-0.05, 0) is 46.7 Å². The summed E-state index contributed by atoms with van der Waals surface area (Å²) in [4.78, 5) is 11.9. The second-order valence-corrected chi connectivity index (χ2v) is 5.70. The molecule has 94 valence electrons. The minimum Gasteiger partial charge on any atom is -0.394 e. The van der Waals surface area contributed by atoms with Crippen molar-refractivity contribution in [2.75, 3.05) is 6.61 Å². The Kier molecular flexibility index (Phi) is 5.69. The molecule has 0 saturated carbocycles. The normalized spacial score (nSPS) is 12.6. The zero-order valence-corrected chi connectivity index (χ0v) is 12.6. The molecule has 0 aromatic heterocycles. The van der Waals surface area contributed by atoms with Gasteiger partial charge < -0.3 is 10.4 Å². The highest BCUT2D eigenvalue weighted by molar-refractivity contribution is 14.1. The molecule has 1 aromatic rings. The maximum atomic E-state index is 11.9. The molecule has 1 rings (SSSR count). The first-order chi connectivity index (χ1) is 7.95. The van der Waals surface area contributed by atoms with E-state index in [2.05, 4.69) is 27.9 Å². The van der Waals surface area contributed by atoms with E-state index in [9.17, 15) is 4.79 Å². The topological polar surface area (TPSA) is 49.3 Å². The molecule has 0 unspecified atom stereocenters. The fraction of sp³-hybridized carbons (Fsp3) is 0.417. The van der Waals surface area contributed by atoms with E-state index >= 15 is 0 Å². The van der Waals surface area contributed by atoms with Crippen LogP contribution < -0.4 is 5.32 Å². The third-order valence-electron chi connectivity index (χ3n) is 2.50. The minimum atomic E-state index is -0.236. The summed E-state index contributed by atoms with van der Waals surface area (Å²) < 4.78 is 0.906. The third-order valence-corrected chi connectivity index (χ3v) is 4.07. The fourth-order valence-electron chi connectivity index (χ4n) is 1.31. The van der Waals surface area contributed by atoms with Gasteiger partial charge in [0.2, 0.25) is 0 Å². The highest BCUT2D eigenvalue weighted by Gasteiger charge is 2.16. The number of hydrogen-bond donors (Lipinski definition) is 2. The molecule has 5 heteroatoms. The molecule has 1 atom stereocenters. The molecule has 1 amide bonds. The molecule has 2 N–H and O–H groups in total. The quantitative estimate of drug-likeness (QED) is 0.804. The number of nitrogens with one attached hydrogen (secondary N) is 1. The highest BCUT2D eigenvalue weighted by Crippen LogP contribution is 2.19. The number of rotatable bonds is 4. The molecule has 0 aliphatic heterocycles. The van der Waals surface area contributed by atoms with E-state index in [1.165, 1.54) is 0 Å². The van der Waals surface area contributed by atoms with Gasteiger partial charge in [-0.2, -0.15) is 0 Å². The van der Waals surface area contributed by atoms with E-state index in [4.69, 9.17) is 16.7 Å². The zero-order valence-electron chi connectivity index (χ0n) is 9.71. The predicted octanol–water partition coefficient (Wildman–Crippen LogP) is 2.69. The molecule has 0 radical (unpaired) electrons. The lowest BCUT2D eigenvalue weighted by molar-refractivity contribution is 0.0897. The predicted molar refractivity (Wildman–Crippen MR) is 77.3 cm³/mol. The lowest BCUT2D eigenvalue weighted by Crippen LogP contribution is -2.41. The van der Waals surface area contributed by atoms with E-state index < -0.39 is 0 Å². The van der Waals surface area contributed by atoms with Crippen LogP contribution in [0.25, 0.3) is 0 Å². The number of hydrogen-bond acceptors (Lipinski definition) is 2. The Morgan fingerprint density at radius 1 is 1.53 bits per heavy atom. The smallest absolute Gasteiger partial charge is 0.251 e. The molecule has 0 aliphatic rings. The molecule has 0 aliphatic carbocycles. The number of carbonyl (C=O) groups excluding carboxylic acids is 1. The monoisotopic (exact) mass is 367 g/mol. The average molecular weight is 368 g/mol. The van der Waals surface area contributed by atoms with Gasteiger partial charge in [-0.25, -0.2) is 0 Å². The highest BCUT2D eigenvalue weighted by atomic mass is 127. The molecule has 0 saturated heterocycles. The van der Waals surface area contributed by atoms with Crippen LogP contribution in [0.4, 0.5) is 0 Å². The minimum absolute atomic E-state index is 0.0679. The Morgan fingerprint density at radius 3 is 2.65 bits per heavy atom. The summed E-state index contributed by atoms with van der Waals surface area (Å²) >= 11 is 8.06. The van der Waals surface area contributed by atoms with Crippen LogP contribution in [0.3, 0.4) is 0 Å². The maximum Gasteiger partial charge on any atom is 0.251 e. The number of carbonyl (C=O) groups is 1. The van der Waals surface area contributed by atoms with Crippen molar-refractivity contribution in [1.29, 1.82) is 0 Å². The van der Waals surface area contributed by atoms with Crippen LogP contribution >= 0.6 is 34.2 Å². The largest absolute Gasteiger partial charge is 0.394 e. The van der Waals surface area contributed by atoms with Gasteiger partial charge in [-0.15, -0.1) is 0 Å². The van der Waals surface area contributed by atoms with Crippen molar-refractivity contribution in [2.45, 2.75) is 19.9 Å². The van der Waals surface area contributed by atoms with Crippen molar-refractivity contribution in [3.63, 3.8) is 0 Å². The van der Waals surface area contributed by atoms with Gasteiger partial charge in [0.25, 0.3) is 5.91 Å². The van der Waals surface area contributed by atoms with Crippen LogP contribution in [-0.4, -0.2) is 23.7 Å². The summed E-state index contributed by atoms with van der Waals surface area (Å²) in [6, 6.07) is 4.91. The molecule has 3 nitrogen and oxygen atoms in total. The third kappa shape index (κ3) is 4.12. The van der Waals surface area contributed by atoms with Crippen molar-refractivity contribution in [1.82, 2.24) is 5.32 Å². The maximum absolute atomic E-state index is 11.9. The first-order valence-electron chi connectivity index (χ1n) is 5.32. The Balaban J connectivity index is 2.79. The molecular weight excluding hydrogens is 352 g/mol. The lowest BCUT2D eigenvalue weighted by Gasteiger charge is -2.19. The van der Waals surface area contributed by atoms with Gasteiger partial charge in [-0.1, -0.05) is 25.4 Å². The van der Waals surface area contributed by atoms with Crippen LogP contribution in [0.15, 0.2) is 18.2 Å². The second-order valence-electron chi connectivity index (χ2n) is 4.14. The van der Waals surface area contributed by atoms with Crippen LogP contribution in [0.5, 0.6) is 0 Å². The Morgan fingerprint density at radius 2 is 2.18 bits per heavy atom. The lowest BCUT2D eigenvalue weighted by atomic mass is 10.0. The van der Waals surface area contributed by atoms with Crippen LogP contribution in [0.2, 0.25) is 5.02 Å². The van der Waals surface area contributed by atoms with Crippen molar-refractivity contribution in [2.24, 2.45) is 5.92 Å². The van der Waals surface area contributed by atoms with E-state index in [0.29, 0.717) is 10.6 Å². The Labute approximate surface area is 120 Å². The molecule has 1 aromatic carbocycles. The van der Waals surface area contributed by atoms with Crippen molar-refractivity contribution in [3.05, 3.63) is 32.4 Å². The first-order valence-corrected chi connectivity index (χ1v) is 6.78. The molecular formula is C12H15ClINO2. The van der Waals surface area contributed by atoms with Gasteiger partial charge in [0, 0.05) is 9.13 Å². The molecule has 0 fully saturated rings. The van der Waals surface area contributed by atoms with E-state index in [-0.39, 0.29) is 24.5 Å². The number of benzene rings is 1. The Hall–Kier alpha value is -0.330. The molecule has 17 heavy (non-hydrogen) atoms. The van der Waals surface area contributed by atoms with E-state index in [0.717, 1.165) is 3.57 Å². The summed E-state index contributed by atoms with van der Waals surface area (Å²) in [5.41, 5.74) is 0.509. The summed E-state index contributed by atoms with van der Waals surface area (Å²) in [6.45, 7) is 3.83. The van der Waals surface area contributed by atoms with Crippen LogP contribution in [0.1, 0.15) is 24.2 Å². The van der Waals surface area contributed by atoms with Crippen LogP contribution in [-0.2, 0) is 0 Å². The zero-order chi connectivity index (χ0) is 13.0. The fourth-order valence-corrected chi connectivity index (χ4v) is 1.83. The van der Waals surface area contributed by atoms with Gasteiger partial charge in [0.1, 0.15) is 0 Å². The van der Waals surface area contributed by atoms with Crippen molar-refractivity contribution >= 4 is 40.1 Å². The molecule has 0 spiro atoms. The summed E-state index contributed by atoms with van der Waals surface area (Å²) in [5.74, 6) is -0.0284. The molecule has 0 bridgehead atoms. The molecule has 0 heterocycles. The van der Waals surface area contributed by atoms with E-state index in [1.54, 1.807) is 18.2 Å². The second kappa shape index (κ2) is 6.56. The van der Waals surface area contributed by atoms with Gasteiger partial charge >= 0.3 is 0 Å². The van der Waals surface area contributed by atoms with Crippen molar-refractivity contribution in [3.8, 4) is 0 Å².